The summed E-state index contributed by atoms with van der Waals surface area (Å²) in [5.41, 5.74) is 10.3. The molecular formula is C19H19F3N4O. The van der Waals surface area contributed by atoms with Crippen LogP contribution in [0.5, 0.6) is 0 Å². The monoisotopic (exact) mass is 376 g/mol. The summed E-state index contributed by atoms with van der Waals surface area (Å²) in [7, 11) is 0. The normalized spacial score (nSPS) is 15.2. The summed E-state index contributed by atoms with van der Waals surface area (Å²) in [5, 5.41) is 0. The molecule has 27 heavy (non-hydrogen) atoms. The van der Waals surface area contributed by atoms with Crippen LogP contribution in [-0.4, -0.2) is 23.4 Å². The number of nitrogens with zero attached hydrogens (tertiary/aromatic N) is 2. The second-order valence-corrected chi connectivity index (χ2v) is 7.10. The number of carbonyl (C=O) groups excluding carboxylic acids is 1. The smallest absolute Gasteiger partial charge is 0.347 e. The zero-order valence-corrected chi connectivity index (χ0v) is 14.9. The Morgan fingerprint density at radius 1 is 1.07 bits per heavy atom. The van der Waals surface area contributed by atoms with E-state index >= 15 is 0 Å². The van der Waals surface area contributed by atoms with Crippen molar-refractivity contribution in [2.24, 2.45) is 16.5 Å². The largest absolute Gasteiger partial charge is 0.370 e. The molecule has 2 amide bonds. The number of aliphatic imine (C=N–C) groups is 1. The zero-order valence-electron chi connectivity index (χ0n) is 14.9. The van der Waals surface area contributed by atoms with E-state index < -0.39 is 34.9 Å². The van der Waals surface area contributed by atoms with Gasteiger partial charge in [0, 0.05) is 24.1 Å². The molecule has 142 valence electrons. The second kappa shape index (κ2) is 6.61. The zero-order chi connectivity index (χ0) is 19.9. The van der Waals surface area contributed by atoms with Crippen LogP contribution in [0.25, 0.3) is 11.1 Å². The van der Waals surface area contributed by atoms with Crippen molar-refractivity contribution in [3.05, 3.63) is 58.9 Å². The SMILES string of the molecule is CC1(C)CN(C(=O)N=C(N)N)Cc2c(-c3c(F)cccc3F)ccc(F)c21. The highest BCUT2D eigenvalue weighted by Crippen LogP contribution is 2.41. The molecular weight excluding hydrogens is 357 g/mol. The van der Waals surface area contributed by atoms with Gasteiger partial charge in [0.2, 0.25) is 0 Å². The topological polar surface area (TPSA) is 84.7 Å². The molecule has 0 atom stereocenters. The Morgan fingerprint density at radius 3 is 2.30 bits per heavy atom. The first-order valence-corrected chi connectivity index (χ1v) is 8.26. The Bertz CT molecular complexity index is 932. The predicted molar refractivity (Wildman–Crippen MR) is 96.4 cm³/mol. The van der Waals surface area contributed by atoms with E-state index in [1.54, 1.807) is 13.8 Å². The molecule has 0 saturated heterocycles. The molecule has 1 aliphatic heterocycles. The predicted octanol–water partition coefficient (Wildman–Crippen LogP) is 3.26. The van der Waals surface area contributed by atoms with Crippen LogP contribution in [0.2, 0.25) is 0 Å². The number of halogens is 3. The molecule has 0 saturated carbocycles. The molecule has 1 heterocycles. The lowest BCUT2D eigenvalue weighted by atomic mass is 9.76. The first kappa shape index (κ1) is 18.8. The number of urea groups is 1. The third-order valence-electron chi connectivity index (χ3n) is 4.60. The fraction of sp³-hybridized carbons (Fsp3) is 0.263. The van der Waals surface area contributed by atoms with Crippen LogP contribution in [0.4, 0.5) is 18.0 Å². The summed E-state index contributed by atoms with van der Waals surface area (Å²) in [6.07, 6.45) is 0. The molecule has 3 rings (SSSR count). The van der Waals surface area contributed by atoms with Gasteiger partial charge in [-0.1, -0.05) is 26.0 Å². The van der Waals surface area contributed by atoms with Crippen LogP contribution in [0, 0.1) is 17.5 Å². The van der Waals surface area contributed by atoms with Crippen LogP contribution in [0.3, 0.4) is 0 Å². The summed E-state index contributed by atoms with van der Waals surface area (Å²) in [6.45, 7) is 3.56. The first-order valence-electron chi connectivity index (χ1n) is 8.26. The minimum absolute atomic E-state index is 0.0742. The lowest BCUT2D eigenvalue weighted by molar-refractivity contribution is 0.181. The molecule has 0 bridgehead atoms. The average molecular weight is 376 g/mol. The van der Waals surface area contributed by atoms with Gasteiger partial charge in [0.05, 0.1) is 5.56 Å². The highest BCUT2D eigenvalue weighted by molar-refractivity contribution is 5.91. The molecule has 1 aliphatic rings. The summed E-state index contributed by atoms with van der Waals surface area (Å²) < 4.78 is 43.4. The molecule has 4 N–H and O–H groups in total. The highest BCUT2D eigenvalue weighted by atomic mass is 19.1. The maximum Gasteiger partial charge on any atom is 0.347 e. The third-order valence-corrected chi connectivity index (χ3v) is 4.60. The van der Waals surface area contributed by atoms with Gasteiger partial charge in [0.15, 0.2) is 5.96 Å². The average Bonchev–Trinajstić information content (AvgIpc) is 2.54. The van der Waals surface area contributed by atoms with Gasteiger partial charge < -0.3 is 16.4 Å². The summed E-state index contributed by atoms with van der Waals surface area (Å²) in [4.78, 5) is 17.1. The Balaban J connectivity index is 2.23. The summed E-state index contributed by atoms with van der Waals surface area (Å²) >= 11 is 0. The number of benzene rings is 2. The van der Waals surface area contributed by atoms with Crippen molar-refractivity contribution >= 4 is 12.0 Å². The van der Waals surface area contributed by atoms with Crippen LogP contribution in [0.1, 0.15) is 25.0 Å². The summed E-state index contributed by atoms with van der Waals surface area (Å²) in [5.74, 6) is -2.43. The Labute approximate surface area is 154 Å². The standard InChI is InChI=1S/C19H19F3N4O/c1-19(2)9-26(18(27)25-17(23)24)8-11-10(6-7-14(22)16(11)19)15-12(20)4-3-5-13(15)21/h3-7H,8-9H2,1-2H3,(H4,23,24,25,27). The molecule has 2 aromatic carbocycles. The lowest BCUT2D eigenvalue weighted by Gasteiger charge is -2.40. The van der Waals surface area contributed by atoms with E-state index in [-0.39, 0.29) is 24.2 Å². The molecule has 0 aliphatic carbocycles. The molecule has 0 unspecified atom stereocenters. The van der Waals surface area contributed by atoms with Crippen LogP contribution in [0.15, 0.2) is 35.3 Å². The minimum Gasteiger partial charge on any atom is -0.370 e. The Hall–Kier alpha value is -3.03. The van der Waals surface area contributed by atoms with Crippen molar-refractivity contribution in [2.75, 3.05) is 6.54 Å². The number of nitrogens with two attached hydrogens (primary N) is 2. The summed E-state index contributed by atoms with van der Waals surface area (Å²) in [6, 6.07) is 5.32. The van der Waals surface area contributed by atoms with Gasteiger partial charge in [0.1, 0.15) is 17.5 Å². The maximum absolute atomic E-state index is 14.6. The number of fused-ring (bicyclic) bond motifs is 1. The van der Waals surface area contributed by atoms with E-state index in [9.17, 15) is 18.0 Å². The van der Waals surface area contributed by atoms with Crippen molar-refractivity contribution < 1.29 is 18.0 Å². The van der Waals surface area contributed by atoms with Gasteiger partial charge in [-0.3, -0.25) is 0 Å². The number of amides is 2. The van der Waals surface area contributed by atoms with Gasteiger partial charge in [0.25, 0.3) is 0 Å². The van der Waals surface area contributed by atoms with Gasteiger partial charge in [-0.15, -0.1) is 0 Å². The first-order chi connectivity index (χ1) is 12.6. The molecule has 5 nitrogen and oxygen atoms in total. The Morgan fingerprint density at radius 2 is 1.70 bits per heavy atom. The fourth-order valence-electron chi connectivity index (χ4n) is 3.62. The number of guanidine groups is 1. The molecule has 0 fully saturated rings. The van der Waals surface area contributed by atoms with E-state index in [0.717, 1.165) is 12.1 Å². The van der Waals surface area contributed by atoms with E-state index in [0.29, 0.717) is 11.1 Å². The number of carbonyl (C=O) groups is 1. The van der Waals surface area contributed by atoms with Gasteiger partial charge in [-0.25, -0.2) is 18.0 Å². The highest BCUT2D eigenvalue weighted by Gasteiger charge is 2.38. The van der Waals surface area contributed by atoms with Crippen molar-refractivity contribution in [3.63, 3.8) is 0 Å². The van der Waals surface area contributed by atoms with Crippen LogP contribution in [-0.2, 0) is 12.0 Å². The molecule has 0 spiro atoms. The van der Waals surface area contributed by atoms with Gasteiger partial charge >= 0.3 is 6.03 Å². The van der Waals surface area contributed by atoms with Crippen LogP contribution >= 0.6 is 0 Å². The molecule has 0 aromatic heterocycles. The van der Waals surface area contributed by atoms with E-state index in [2.05, 4.69) is 4.99 Å². The van der Waals surface area contributed by atoms with Crippen molar-refractivity contribution in [2.45, 2.75) is 25.8 Å². The van der Waals surface area contributed by atoms with Crippen LogP contribution < -0.4 is 11.5 Å². The van der Waals surface area contributed by atoms with Gasteiger partial charge in [-0.05, 0) is 29.3 Å². The second-order valence-electron chi connectivity index (χ2n) is 7.10. The third kappa shape index (κ3) is 3.34. The van der Waals surface area contributed by atoms with E-state index in [1.165, 1.54) is 23.1 Å². The fourth-order valence-corrected chi connectivity index (χ4v) is 3.62. The quantitative estimate of drug-likeness (QED) is 0.592. The maximum atomic E-state index is 14.6. The van der Waals surface area contributed by atoms with Crippen molar-refractivity contribution in [3.8, 4) is 11.1 Å². The molecule has 8 heteroatoms. The number of hydrogen-bond acceptors (Lipinski definition) is 1. The van der Waals surface area contributed by atoms with E-state index in [1.807, 2.05) is 0 Å². The number of rotatable bonds is 1. The van der Waals surface area contributed by atoms with E-state index in [4.69, 9.17) is 11.5 Å². The molecule has 2 aromatic rings. The van der Waals surface area contributed by atoms with Crippen molar-refractivity contribution in [1.82, 2.24) is 4.90 Å². The molecule has 0 radical (unpaired) electrons. The number of hydrogen-bond donors (Lipinski definition) is 2. The van der Waals surface area contributed by atoms with Gasteiger partial charge in [-0.2, -0.15) is 4.99 Å². The lowest BCUT2D eigenvalue weighted by Crippen LogP contribution is -2.45. The Kier molecular flexibility index (Phi) is 4.59. The minimum atomic E-state index is -0.816. The van der Waals surface area contributed by atoms with Crippen molar-refractivity contribution in [1.29, 1.82) is 0 Å².